The number of hydrogen-bond acceptors (Lipinski definition) is 3. The van der Waals surface area contributed by atoms with Crippen molar-refractivity contribution in [3.8, 4) is 0 Å². The molecule has 2 rings (SSSR count). The Hall–Kier alpha value is -0.640. The monoisotopic (exact) mass is 237 g/mol. The maximum absolute atomic E-state index is 3.53. The molecule has 0 aliphatic carbocycles. The summed E-state index contributed by atoms with van der Waals surface area (Å²) in [5.74, 6) is 0. The molecule has 0 saturated heterocycles. The molecule has 0 fully saturated rings. The van der Waals surface area contributed by atoms with Crippen LogP contribution in [0.15, 0.2) is 29.0 Å². The van der Waals surface area contributed by atoms with Crippen molar-refractivity contribution in [2.24, 2.45) is 0 Å². The van der Waals surface area contributed by atoms with Gasteiger partial charge < -0.3 is 5.32 Å². The van der Waals surface area contributed by atoms with Gasteiger partial charge in [-0.15, -0.1) is 11.3 Å². The number of rotatable bonds is 4. The van der Waals surface area contributed by atoms with Crippen molar-refractivity contribution in [2.75, 3.05) is 0 Å². The molecule has 0 aliphatic rings. The molecule has 1 unspecified atom stereocenters. The first-order valence-electron chi connectivity index (χ1n) is 5.06. The van der Waals surface area contributed by atoms with Crippen LogP contribution in [0.3, 0.4) is 0 Å². The predicted octanol–water partition coefficient (Wildman–Crippen LogP) is 3.97. The van der Waals surface area contributed by atoms with Gasteiger partial charge in [0, 0.05) is 22.3 Å². The van der Waals surface area contributed by atoms with E-state index in [1.807, 2.05) is 11.3 Å². The standard InChI is InChI=1S/C12H15NS2/c1-9-3-4-12(15-9)10(2)13-7-11-5-6-14-8-11/h3-6,8,10,13H,7H2,1-2H3. The van der Waals surface area contributed by atoms with Gasteiger partial charge in [-0.2, -0.15) is 11.3 Å². The minimum absolute atomic E-state index is 0.448. The van der Waals surface area contributed by atoms with Crippen molar-refractivity contribution < 1.29 is 0 Å². The van der Waals surface area contributed by atoms with Crippen molar-refractivity contribution >= 4 is 22.7 Å². The predicted molar refractivity (Wildman–Crippen MR) is 68.6 cm³/mol. The van der Waals surface area contributed by atoms with Crippen LogP contribution in [-0.2, 0) is 6.54 Å². The third-order valence-corrected chi connectivity index (χ3v) is 4.30. The SMILES string of the molecule is Cc1ccc(C(C)NCc2ccsc2)s1. The summed E-state index contributed by atoms with van der Waals surface area (Å²) in [6, 6.07) is 7.02. The Bertz CT molecular complexity index is 403. The van der Waals surface area contributed by atoms with Crippen molar-refractivity contribution in [1.82, 2.24) is 5.32 Å². The summed E-state index contributed by atoms with van der Waals surface area (Å²) in [4.78, 5) is 2.80. The molecule has 0 saturated carbocycles. The third-order valence-electron chi connectivity index (χ3n) is 2.38. The average Bonchev–Trinajstić information content (AvgIpc) is 2.84. The highest BCUT2D eigenvalue weighted by molar-refractivity contribution is 7.12. The molecule has 1 N–H and O–H groups in total. The van der Waals surface area contributed by atoms with E-state index < -0.39 is 0 Å². The number of aryl methyl sites for hydroxylation is 1. The highest BCUT2D eigenvalue weighted by Gasteiger charge is 2.06. The summed E-state index contributed by atoms with van der Waals surface area (Å²) in [6.07, 6.45) is 0. The van der Waals surface area contributed by atoms with Crippen molar-refractivity contribution in [3.05, 3.63) is 44.3 Å². The first kappa shape index (κ1) is 10.9. The van der Waals surface area contributed by atoms with Crippen LogP contribution in [0, 0.1) is 6.92 Å². The van der Waals surface area contributed by atoms with Gasteiger partial charge in [-0.1, -0.05) is 0 Å². The summed E-state index contributed by atoms with van der Waals surface area (Å²) >= 11 is 3.63. The first-order chi connectivity index (χ1) is 7.25. The summed E-state index contributed by atoms with van der Waals surface area (Å²) in [6.45, 7) is 5.33. The second-order valence-corrected chi connectivity index (χ2v) is 5.78. The molecule has 3 heteroatoms. The zero-order chi connectivity index (χ0) is 10.7. The second-order valence-electron chi connectivity index (χ2n) is 3.68. The highest BCUT2D eigenvalue weighted by atomic mass is 32.1. The van der Waals surface area contributed by atoms with Gasteiger partial charge in [0.05, 0.1) is 0 Å². The van der Waals surface area contributed by atoms with E-state index in [9.17, 15) is 0 Å². The molecule has 0 radical (unpaired) electrons. The molecular weight excluding hydrogens is 222 g/mol. The van der Waals surface area contributed by atoms with Gasteiger partial charge in [-0.25, -0.2) is 0 Å². The Morgan fingerprint density at radius 3 is 2.80 bits per heavy atom. The first-order valence-corrected chi connectivity index (χ1v) is 6.82. The van der Waals surface area contributed by atoms with Gasteiger partial charge in [-0.05, 0) is 48.4 Å². The Morgan fingerprint density at radius 1 is 1.33 bits per heavy atom. The molecule has 0 aromatic carbocycles. The minimum Gasteiger partial charge on any atom is -0.305 e. The van der Waals surface area contributed by atoms with E-state index in [0.29, 0.717) is 6.04 Å². The molecule has 2 aromatic rings. The summed E-state index contributed by atoms with van der Waals surface area (Å²) in [7, 11) is 0. The smallest absolute Gasteiger partial charge is 0.0388 e. The minimum atomic E-state index is 0.448. The van der Waals surface area contributed by atoms with Crippen LogP contribution in [0.2, 0.25) is 0 Å². The molecule has 0 amide bonds. The Labute approximate surface area is 98.8 Å². The fourth-order valence-electron chi connectivity index (χ4n) is 1.45. The Morgan fingerprint density at radius 2 is 2.20 bits per heavy atom. The van der Waals surface area contributed by atoms with Crippen LogP contribution in [0.4, 0.5) is 0 Å². The van der Waals surface area contributed by atoms with E-state index in [4.69, 9.17) is 0 Å². The Kier molecular flexibility index (Phi) is 3.57. The number of nitrogens with one attached hydrogen (secondary N) is 1. The van der Waals surface area contributed by atoms with E-state index in [0.717, 1.165) is 6.54 Å². The summed E-state index contributed by atoms with van der Waals surface area (Å²) in [5, 5.41) is 7.85. The van der Waals surface area contributed by atoms with Gasteiger partial charge in [-0.3, -0.25) is 0 Å². The van der Waals surface area contributed by atoms with E-state index in [-0.39, 0.29) is 0 Å². The molecule has 1 nitrogen and oxygen atoms in total. The summed E-state index contributed by atoms with van der Waals surface area (Å²) in [5.41, 5.74) is 1.38. The molecule has 0 spiro atoms. The lowest BCUT2D eigenvalue weighted by molar-refractivity contribution is 0.584. The van der Waals surface area contributed by atoms with Crippen LogP contribution in [0.25, 0.3) is 0 Å². The van der Waals surface area contributed by atoms with Gasteiger partial charge in [0.25, 0.3) is 0 Å². The highest BCUT2D eigenvalue weighted by Crippen LogP contribution is 2.22. The Balaban J connectivity index is 1.90. The topological polar surface area (TPSA) is 12.0 Å². The van der Waals surface area contributed by atoms with Crippen LogP contribution < -0.4 is 5.32 Å². The number of hydrogen-bond donors (Lipinski definition) is 1. The molecule has 0 bridgehead atoms. The van der Waals surface area contributed by atoms with Gasteiger partial charge in [0.1, 0.15) is 0 Å². The third kappa shape index (κ3) is 2.91. The molecule has 0 aliphatic heterocycles. The van der Waals surface area contributed by atoms with Crippen LogP contribution >= 0.6 is 22.7 Å². The van der Waals surface area contributed by atoms with Crippen molar-refractivity contribution in [1.29, 1.82) is 0 Å². The fraction of sp³-hybridized carbons (Fsp3) is 0.333. The van der Waals surface area contributed by atoms with Gasteiger partial charge in [0.2, 0.25) is 0 Å². The van der Waals surface area contributed by atoms with Crippen molar-refractivity contribution in [2.45, 2.75) is 26.4 Å². The summed E-state index contributed by atoms with van der Waals surface area (Å²) < 4.78 is 0. The maximum atomic E-state index is 3.53. The van der Waals surface area contributed by atoms with E-state index in [1.54, 1.807) is 11.3 Å². The van der Waals surface area contributed by atoms with E-state index in [1.165, 1.54) is 15.3 Å². The van der Waals surface area contributed by atoms with Gasteiger partial charge in [0.15, 0.2) is 0 Å². The van der Waals surface area contributed by atoms with Crippen LogP contribution in [0.5, 0.6) is 0 Å². The molecule has 1 atom stereocenters. The zero-order valence-corrected chi connectivity index (χ0v) is 10.6. The average molecular weight is 237 g/mol. The molecule has 2 aromatic heterocycles. The quantitative estimate of drug-likeness (QED) is 0.848. The zero-order valence-electron chi connectivity index (χ0n) is 8.99. The van der Waals surface area contributed by atoms with Gasteiger partial charge >= 0.3 is 0 Å². The van der Waals surface area contributed by atoms with E-state index >= 15 is 0 Å². The lowest BCUT2D eigenvalue weighted by atomic mass is 10.2. The van der Waals surface area contributed by atoms with Crippen LogP contribution in [-0.4, -0.2) is 0 Å². The molecule has 15 heavy (non-hydrogen) atoms. The van der Waals surface area contributed by atoms with Crippen LogP contribution in [0.1, 0.15) is 28.3 Å². The maximum Gasteiger partial charge on any atom is 0.0388 e. The van der Waals surface area contributed by atoms with Crippen molar-refractivity contribution in [3.63, 3.8) is 0 Å². The van der Waals surface area contributed by atoms with E-state index in [2.05, 4.69) is 48.1 Å². The lowest BCUT2D eigenvalue weighted by Gasteiger charge is -2.10. The second kappa shape index (κ2) is 4.92. The molecule has 2 heterocycles. The molecular formula is C12H15NS2. The lowest BCUT2D eigenvalue weighted by Crippen LogP contribution is -2.16. The number of thiophene rings is 2. The largest absolute Gasteiger partial charge is 0.305 e. The fourth-order valence-corrected chi connectivity index (χ4v) is 3.02. The molecule has 80 valence electrons. The normalized spacial score (nSPS) is 12.9.